The van der Waals surface area contributed by atoms with E-state index >= 15 is 0 Å². The number of hydrogen-bond acceptors (Lipinski definition) is 4. The molecule has 0 aliphatic heterocycles. The highest BCUT2D eigenvalue weighted by atomic mass is 16.6. The Morgan fingerprint density at radius 2 is 2.10 bits per heavy atom. The standard InChI is InChI=1S/C17H22O4/c1-6-13-11-14(9-10-15(13)18)17(7-2,21-12(4)5)16(19)20-8-3/h1,9-12,18H,7-8H2,2-5H3. The molecule has 1 N–H and O–H groups in total. The van der Waals surface area contributed by atoms with Crippen LogP contribution in [-0.4, -0.2) is 23.8 Å². The van der Waals surface area contributed by atoms with Gasteiger partial charge in [0, 0.05) is 0 Å². The quantitative estimate of drug-likeness (QED) is 0.646. The van der Waals surface area contributed by atoms with Crippen molar-refractivity contribution < 1.29 is 19.4 Å². The zero-order chi connectivity index (χ0) is 16.0. The molecule has 0 spiro atoms. The van der Waals surface area contributed by atoms with Gasteiger partial charge in [-0.15, -0.1) is 6.42 Å². The molecule has 1 rings (SSSR count). The second kappa shape index (κ2) is 7.14. The van der Waals surface area contributed by atoms with Gasteiger partial charge in [0.25, 0.3) is 0 Å². The zero-order valence-electron chi connectivity index (χ0n) is 13.0. The highest BCUT2D eigenvalue weighted by Crippen LogP contribution is 2.34. The summed E-state index contributed by atoms with van der Waals surface area (Å²) in [6.45, 7) is 7.57. The van der Waals surface area contributed by atoms with E-state index in [9.17, 15) is 9.90 Å². The van der Waals surface area contributed by atoms with Gasteiger partial charge < -0.3 is 14.6 Å². The Morgan fingerprint density at radius 1 is 1.43 bits per heavy atom. The van der Waals surface area contributed by atoms with Gasteiger partial charge in [-0.05, 0) is 44.9 Å². The summed E-state index contributed by atoms with van der Waals surface area (Å²) in [6.07, 6.45) is 5.61. The number of carbonyl (C=O) groups is 1. The third kappa shape index (κ3) is 3.56. The average molecular weight is 290 g/mol. The molecule has 0 saturated heterocycles. The molecule has 4 nitrogen and oxygen atoms in total. The molecule has 114 valence electrons. The number of carbonyl (C=O) groups excluding carboxylic acids is 1. The molecule has 0 aromatic heterocycles. The fraction of sp³-hybridized carbons (Fsp3) is 0.471. The molecule has 21 heavy (non-hydrogen) atoms. The number of aromatic hydroxyl groups is 1. The van der Waals surface area contributed by atoms with Crippen LogP contribution in [0.15, 0.2) is 18.2 Å². The number of phenolic OH excluding ortho intramolecular Hbond substituents is 1. The Bertz CT molecular complexity index is 542. The van der Waals surface area contributed by atoms with Crippen LogP contribution in [0.25, 0.3) is 0 Å². The first-order valence-electron chi connectivity index (χ1n) is 7.06. The molecule has 0 radical (unpaired) electrons. The highest BCUT2D eigenvalue weighted by molar-refractivity contribution is 5.81. The maximum absolute atomic E-state index is 12.5. The Kier molecular flexibility index (Phi) is 5.80. The molecular formula is C17H22O4. The van der Waals surface area contributed by atoms with Crippen molar-refractivity contribution in [1.29, 1.82) is 0 Å². The first kappa shape index (κ1) is 17.1. The van der Waals surface area contributed by atoms with Crippen molar-refractivity contribution in [2.75, 3.05) is 6.61 Å². The van der Waals surface area contributed by atoms with E-state index in [0.29, 0.717) is 17.5 Å². The first-order chi connectivity index (χ1) is 9.91. The fourth-order valence-corrected chi connectivity index (χ4v) is 2.22. The number of phenols is 1. The molecule has 1 aromatic rings. The van der Waals surface area contributed by atoms with Crippen molar-refractivity contribution in [1.82, 2.24) is 0 Å². The van der Waals surface area contributed by atoms with Gasteiger partial charge >= 0.3 is 5.97 Å². The summed E-state index contributed by atoms with van der Waals surface area (Å²) in [5.74, 6) is 1.95. The first-order valence-corrected chi connectivity index (χ1v) is 7.06. The zero-order valence-corrected chi connectivity index (χ0v) is 13.0. The van der Waals surface area contributed by atoms with Gasteiger partial charge in [-0.2, -0.15) is 0 Å². The smallest absolute Gasteiger partial charge is 0.343 e. The van der Waals surface area contributed by atoms with Gasteiger partial charge in [-0.3, -0.25) is 0 Å². The maximum atomic E-state index is 12.5. The second-order valence-electron chi connectivity index (χ2n) is 4.94. The molecule has 0 fully saturated rings. The summed E-state index contributed by atoms with van der Waals surface area (Å²) in [5.41, 5.74) is -0.311. The van der Waals surface area contributed by atoms with Crippen molar-refractivity contribution in [2.45, 2.75) is 45.8 Å². The number of hydrogen-bond donors (Lipinski definition) is 1. The third-order valence-corrected chi connectivity index (χ3v) is 3.16. The van der Waals surface area contributed by atoms with Crippen LogP contribution < -0.4 is 0 Å². The van der Waals surface area contributed by atoms with Crippen molar-refractivity contribution >= 4 is 5.97 Å². The van der Waals surface area contributed by atoms with Crippen LogP contribution in [0.3, 0.4) is 0 Å². The summed E-state index contributed by atoms with van der Waals surface area (Å²) < 4.78 is 11.1. The summed E-state index contributed by atoms with van der Waals surface area (Å²) in [4.78, 5) is 12.5. The fourth-order valence-electron chi connectivity index (χ4n) is 2.22. The van der Waals surface area contributed by atoms with E-state index in [1.54, 1.807) is 19.1 Å². The lowest BCUT2D eigenvalue weighted by Gasteiger charge is -2.33. The van der Waals surface area contributed by atoms with Crippen LogP contribution in [0.1, 0.15) is 45.2 Å². The maximum Gasteiger partial charge on any atom is 0.343 e. The van der Waals surface area contributed by atoms with E-state index in [2.05, 4.69) is 5.92 Å². The molecule has 0 aliphatic rings. The normalized spacial score (nSPS) is 13.5. The minimum Gasteiger partial charge on any atom is -0.507 e. The number of ether oxygens (including phenoxy) is 2. The lowest BCUT2D eigenvalue weighted by molar-refractivity contribution is -0.181. The molecule has 0 aliphatic carbocycles. The molecule has 1 atom stereocenters. The number of esters is 1. The molecule has 0 amide bonds. The van der Waals surface area contributed by atoms with Gasteiger partial charge in [0.15, 0.2) is 5.60 Å². The lowest BCUT2D eigenvalue weighted by atomic mass is 9.89. The van der Waals surface area contributed by atoms with Crippen LogP contribution in [0.2, 0.25) is 0 Å². The van der Waals surface area contributed by atoms with Crippen LogP contribution in [-0.2, 0) is 19.9 Å². The summed E-state index contributed by atoms with van der Waals surface area (Å²) >= 11 is 0. The van der Waals surface area contributed by atoms with Crippen LogP contribution in [0.5, 0.6) is 5.75 Å². The minimum atomic E-state index is -1.22. The van der Waals surface area contributed by atoms with Gasteiger partial charge in [0.05, 0.1) is 18.3 Å². The molecular weight excluding hydrogens is 268 g/mol. The molecule has 1 aromatic carbocycles. The molecule has 0 bridgehead atoms. The van der Waals surface area contributed by atoms with Gasteiger partial charge in [0.1, 0.15) is 5.75 Å². The summed E-state index contributed by atoms with van der Waals surface area (Å²) in [6, 6.07) is 4.70. The van der Waals surface area contributed by atoms with E-state index in [4.69, 9.17) is 15.9 Å². The summed E-state index contributed by atoms with van der Waals surface area (Å²) in [5, 5.41) is 9.70. The number of rotatable bonds is 6. The predicted octanol–water partition coefficient (Wildman–Crippen LogP) is 2.97. The Labute approximate surface area is 126 Å². The van der Waals surface area contributed by atoms with Crippen molar-refractivity contribution in [2.24, 2.45) is 0 Å². The molecule has 0 saturated carbocycles. The van der Waals surface area contributed by atoms with Crippen LogP contribution in [0, 0.1) is 12.3 Å². The van der Waals surface area contributed by atoms with Crippen molar-refractivity contribution in [3.05, 3.63) is 29.3 Å². The van der Waals surface area contributed by atoms with Crippen LogP contribution >= 0.6 is 0 Å². The second-order valence-corrected chi connectivity index (χ2v) is 4.94. The third-order valence-electron chi connectivity index (χ3n) is 3.16. The van der Waals surface area contributed by atoms with Gasteiger partial charge in [0.2, 0.25) is 0 Å². The van der Waals surface area contributed by atoms with Crippen molar-refractivity contribution in [3.8, 4) is 18.1 Å². The molecule has 0 heterocycles. The highest BCUT2D eigenvalue weighted by Gasteiger charge is 2.42. The summed E-state index contributed by atoms with van der Waals surface area (Å²) in [7, 11) is 0. The van der Waals surface area contributed by atoms with Gasteiger partial charge in [-0.1, -0.05) is 18.9 Å². The number of terminal acetylenes is 1. The lowest BCUT2D eigenvalue weighted by Crippen LogP contribution is -2.41. The van der Waals surface area contributed by atoms with E-state index in [1.807, 2.05) is 20.8 Å². The molecule has 4 heteroatoms. The monoisotopic (exact) mass is 290 g/mol. The topological polar surface area (TPSA) is 55.8 Å². The van der Waals surface area contributed by atoms with E-state index in [1.165, 1.54) is 6.07 Å². The Morgan fingerprint density at radius 3 is 2.57 bits per heavy atom. The SMILES string of the molecule is C#Cc1cc(C(CC)(OC(C)C)C(=O)OCC)ccc1O. The van der Waals surface area contributed by atoms with Crippen molar-refractivity contribution in [3.63, 3.8) is 0 Å². The van der Waals surface area contributed by atoms with E-state index in [-0.39, 0.29) is 18.5 Å². The Balaban J connectivity index is 3.41. The van der Waals surface area contributed by atoms with Crippen LogP contribution in [0.4, 0.5) is 0 Å². The minimum absolute atomic E-state index is 0.000316. The van der Waals surface area contributed by atoms with E-state index < -0.39 is 11.6 Å². The molecule has 1 unspecified atom stereocenters. The number of benzene rings is 1. The predicted molar refractivity (Wildman–Crippen MR) is 80.9 cm³/mol. The average Bonchev–Trinajstić information content (AvgIpc) is 2.45. The Hall–Kier alpha value is -1.99. The van der Waals surface area contributed by atoms with Gasteiger partial charge in [-0.25, -0.2) is 4.79 Å². The van der Waals surface area contributed by atoms with E-state index in [0.717, 1.165) is 0 Å². The largest absolute Gasteiger partial charge is 0.507 e.